The van der Waals surface area contributed by atoms with Crippen molar-refractivity contribution in [2.75, 3.05) is 0 Å². The first-order chi connectivity index (χ1) is 13.4. The maximum absolute atomic E-state index is 6.38. The summed E-state index contributed by atoms with van der Waals surface area (Å²) in [5.41, 5.74) is 4.35. The van der Waals surface area contributed by atoms with E-state index in [1.54, 1.807) is 6.33 Å². The van der Waals surface area contributed by atoms with Crippen LogP contribution in [0.2, 0.25) is 0 Å². The monoisotopic (exact) mass is 346 g/mol. The van der Waals surface area contributed by atoms with E-state index in [4.69, 9.17) is 4.42 Å². The Labute approximate surface area is 154 Å². The normalized spacial score (nSPS) is 11.7. The molecule has 4 aromatic carbocycles. The zero-order valence-corrected chi connectivity index (χ0v) is 14.4. The number of aromatic nitrogens is 2. The highest BCUT2D eigenvalue weighted by Gasteiger charge is 2.17. The molecule has 0 aliphatic carbocycles. The Morgan fingerprint density at radius 1 is 0.556 bits per heavy atom. The molecule has 0 amide bonds. The Kier molecular flexibility index (Phi) is 2.88. The highest BCUT2D eigenvalue weighted by molar-refractivity contribution is 6.16. The second-order valence-electron chi connectivity index (χ2n) is 6.69. The molecule has 0 unspecified atom stereocenters. The third-order valence-corrected chi connectivity index (χ3v) is 5.19. The fourth-order valence-corrected chi connectivity index (χ4v) is 3.93. The predicted molar refractivity (Wildman–Crippen MR) is 110 cm³/mol. The van der Waals surface area contributed by atoms with Gasteiger partial charge in [0.2, 0.25) is 0 Å². The number of fused-ring (bicyclic) bond motifs is 6. The van der Waals surface area contributed by atoms with Crippen LogP contribution in [0.25, 0.3) is 54.9 Å². The topological polar surface area (TPSA) is 38.9 Å². The fourth-order valence-electron chi connectivity index (χ4n) is 3.93. The van der Waals surface area contributed by atoms with Gasteiger partial charge in [-0.2, -0.15) is 0 Å². The van der Waals surface area contributed by atoms with Crippen molar-refractivity contribution in [3.63, 3.8) is 0 Å². The molecule has 0 spiro atoms. The molecule has 0 saturated heterocycles. The van der Waals surface area contributed by atoms with E-state index in [1.807, 2.05) is 12.1 Å². The van der Waals surface area contributed by atoms with Crippen LogP contribution in [0.1, 0.15) is 0 Å². The standard InChI is InChI=1S/C24H14N2O/c1-3-9-17-15(6-1)8-5-11-19(17)21-24-22(26-14-25-21)20-13-12-16-7-2-4-10-18(16)23(20)27-24/h1-14H. The molecule has 126 valence electrons. The molecule has 27 heavy (non-hydrogen) atoms. The lowest BCUT2D eigenvalue weighted by Gasteiger charge is -2.06. The van der Waals surface area contributed by atoms with E-state index in [-0.39, 0.29) is 0 Å². The summed E-state index contributed by atoms with van der Waals surface area (Å²) in [4.78, 5) is 9.14. The van der Waals surface area contributed by atoms with Gasteiger partial charge in [0.15, 0.2) is 5.58 Å². The van der Waals surface area contributed by atoms with E-state index in [0.29, 0.717) is 0 Å². The molecule has 0 saturated carbocycles. The first-order valence-corrected chi connectivity index (χ1v) is 8.93. The van der Waals surface area contributed by atoms with Crippen molar-refractivity contribution in [1.82, 2.24) is 9.97 Å². The van der Waals surface area contributed by atoms with Crippen molar-refractivity contribution in [2.45, 2.75) is 0 Å². The molecule has 6 rings (SSSR count). The number of hydrogen-bond donors (Lipinski definition) is 0. The van der Waals surface area contributed by atoms with Crippen LogP contribution in [-0.4, -0.2) is 9.97 Å². The van der Waals surface area contributed by atoms with Crippen LogP contribution in [0.5, 0.6) is 0 Å². The van der Waals surface area contributed by atoms with Gasteiger partial charge in [0.1, 0.15) is 23.1 Å². The highest BCUT2D eigenvalue weighted by Crippen LogP contribution is 2.38. The summed E-state index contributed by atoms with van der Waals surface area (Å²) in [7, 11) is 0. The second kappa shape index (κ2) is 5.39. The van der Waals surface area contributed by atoms with Crippen molar-refractivity contribution in [3.05, 3.63) is 85.2 Å². The molecule has 6 aromatic rings. The Morgan fingerprint density at radius 3 is 2.19 bits per heavy atom. The Balaban J connectivity index is 1.77. The third-order valence-electron chi connectivity index (χ3n) is 5.19. The van der Waals surface area contributed by atoms with Gasteiger partial charge in [-0.25, -0.2) is 9.97 Å². The second-order valence-corrected chi connectivity index (χ2v) is 6.69. The van der Waals surface area contributed by atoms with E-state index < -0.39 is 0 Å². The Bertz CT molecular complexity index is 1470. The van der Waals surface area contributed by atoms with Crippen molar-refractivity contribution in [1.29, 1.82) is 0 Å². The van der Waals surface area contributed by atoms with Gasteiger partial charge in [-0.15, -0.1) is 0 Å². The van der Waals surface area contributed by atoms with Crippen LogP contribution < -0.4 is 0 Å². The largest absolute Gasteiger partial charge is 0.451 e. The molecule has 0 atom stereocenters. The SMILES string of the molecule is c1ccc2c(-c3ncnc4c3oc3c5ccccc5ccc43)cccc2c1. The molecular weight excluding hydrogens is 332 g/mol. The highest BCUT2D eigenvalue weighted by atomic mass is 16.3. The summed E-state index contributed by atoms with van der Waals surface area (Å²) in [5, 5.41) is 5.61. The molecule has 0 radical (unpaired) electrons. The zero-order valence-electron chi connectivity index (χ0n) is 14.4. The van der Waals surface area contributed by atoms with Gasteiger partial charge in [0.25, 0.3) is 0 Å². The fraction of sp³-hybridized carbons (Fsp3) is 0. The first kappa shape index (κ1) is 14.4. The van der Waals surface area contributed by atoms with Gasteiger partial charge in [-0.1, -0.05) is 72.8 Å². The average Bonchev–Trinajstić information content (AvgIpc) is 3.13. The molecule has 3 heteroatoms. The van der Waals surface area contributed by atoms with Crippen LogP contribution in [0.15, 0.2) is 89.6 Å². The van der Waals surface area contributed by atoms with Crippen LogP contribution >= 0.6 is 0 Å². The van der Waals surface area contributed by atoms with E-state index in [2.05, 4.69) is 76.7 Å². The molecule has 2 heterocycles. The third kappa shape index (κ3) is 2.02. The van der Waals surface area contributed by atoms with Crippen LogP contribution in [0.3, 0.4) is 0 Å². The van der Waals surface area contributed by atoms with Crippen LogP contribution in [0.4, 0.5) is 0 Å². The molecule has 0 aliphatic rings. The van der Waals surface area contributed by atoms with Crippen molar-refractivity contribution < 1.29 is 4.42 Å². The van der Waals surface area contributed by atoms with Gasteiger partial charge in [-0.3, -0.25) is 0 Å². The minimum absolute atomic E-state index is 0.736. The summed E-state index contributed by atoms with van der Waals surface area (Å²) in [6.45, 7) is 0. The lowest BCUT2D eigenvalue weighted by molar-refractivity contribution is 0.671. The maximum Gasteiger partial charge on any atom is 0.180 e. The van der Waals surface area contributed by atoms with Crippen LogP contribution in [0, 0.1) is 0 Å². The number of furan rings is 1. The minimum atomic E-state index is 0.736. The summed E-state index contributed by atoms with van der Waals surface area (Å²) < 4.78 is 6.38. The summed E-state index contributed by atoms with van der Waals surface area (Å²) >= 11 is 0. The number of rotatable bonds is 1. The lowest BCUT2D eigenvalue weighted by atomic mass is 10.0. The summed E-state index contributed by atoms with van der Waals surface area (Å²) in [6.07, 6.45) is 1.63. The van der Waals surface area contributed by atoms with Crippen molar-refractivity contribution >= 4 is 43.6 Å². The average molecular weight is 346 g/mol. The molecule has 0 N–H and O–H groups in total. The lowest BCUT2D eigenvalue weighted by Crippen LogP contribution is -1.88. The zero-order chi connectivity index (χ0) is 17.8. The minimum Gasteiger partial charge on any atom is -0.451 e. The number of nitrogens with zero attached hydrogens (tertiary/aromatic N) is 2. The molecule has 0 bridgehead atoms. The van der Waals surface area contributed by atoms with Gasteiger partial charge in [0.05, 0.1) is 0 Å². The van der Waals surface area contributed by atoms with E-state index in [9.17, 15) is 0 Å². The maximum atomic E-state index is 6.38. The molecule has 3 nitrogen and oxygen atoms in total. The van der Waals surface area contributed by atoms with E-state index in [1.165, 1.54) is 5.39 Å². The van der Waals surface area contributed by atoms with E-state index in [0.717, 1.165) is 49.5 Å². The van der Waals surface area contributed by atoms with E-state index >= 15 is 0 Å². The Morgan fingerprint density at radius 2 is 1.30 bits per heavy atom. The predicted octanol–water partition coefficient (Wildman–Crippen LogP) is 6.35. The molecule has 0 aliphatic heterocycles. The summed E-state index contributed by atoms with van der Waals surface area (Å²) in [5.74, 6) is 0. The van der Waals surface area contributed by atoms with Crippen molar-refractivity contribution in [3.8, 4) is 11.3 Å². The van der Waals surface area contributed by atoms with Gasteiger partial charge in [0, 0.05) is 16.3 Å². The molecule has 2 aromatic heterocycles. The quantitative estimate of drug-likeness (QED) is 0.348. The Hall–Kier alpha value is -3.72. The first-order valence-electron chi connectivity index (χ1n) is 8.93. The van der Waals surface area contributed by atoms with Gasteiger partial charge < -0.3 is 4.42 Å². The molecule has 0 fully saturated rings. The smallest absolute Gasteiger partial charge is 0.180 e. The van der Waals surface area contributed by atoms with Crippen LogP contribution in [-0.2, 0) is 0 Å². The summed E-state index contributed by atoms with van der Waals surface area (Å²) in [6, 6.07) is 27.1. The number of hydrogen-bond acceptors (Lipinski definition) is 3. The van der Waals surface area contributed by atoms with Crippen molar-refractivity contribution in [2.24, 2.45) is 0 Å². The van der Waals surface area contributed by atoms with Gasteiger partial charge >= 0.3 is 0 Å². The van der Waals surface area contributed by atoms with Gasteiger partial charge in [-0.05, 0) is 22.2 Å². The number of benzene rings is 4. The molecular formula is C24H14N2O.